The molecule has 0 fully saturated rings. The Bertz CT molecular complexity index is 640. The molecule has 0 unspecified atom stereocenters. The Labute approximate surface area is 96.7 Å². The summed E-state index contributed by atoms with van der Waals surface area (Å²) in [7, 11) is 1.51. The number of nitrogens with zero attached hydrogens (tertiary/aromatic N) is 1. The Balaban J connectivity index is 2.60. The topological polar surface area (TPSA) is 54.9 Å². The maximum absolute atomic E-state index is 13.5. The first-order valence-electron chi connectivity index (χ1n) is 5.07. The molecule has 5 heteroatoms. The molecule has 0 saturated carbocycles. The smallest absolute Gasteiger partial charge is 0.277 e. The third kappa shape index (κ3) is 1.80. The third-order valence-electron chi connectivity index (χ3n) is 2.57. The van der Waals surface area contributed by atoms with E-state index in [9.17, 15) is 14.0 Å². The predicted molar refractivity (Wildman–Crippen MR) is 60.6 cm³/mol. The maximum atomic E-state index is 13.5. The van der Waals surface area contributed by atoms with Crippen molar-refractivity contribution in [3.63, 3.8) is 0 Å². The maximum Gasteiger partial charge on any atom is 0.277 e. The zero-order chi connectivity index (χ0) is 12.6. The Kier molecular flexibility index (Phi) is 2.67. The van der Waals surface area contributed by atoms with Gasteiger partial charge >= 0.3 is 0 Å². The molecule has 0 aliphatic carbocycles. The number of rotatable bonds is 2. The standard InChI is InChI=1S/C12H11FN2O2/c1-7-10(12(17)15(2)14-7)11(16)8-5-3-4-6-9(8)13/h3-6,14H,1-2H3. The van der Waals surface area contributed by atoms with Gasteiger partial charge in [-0.15, -0.1) is 0 Å². The number of hydrogen-bond donors (Lipinski definition) is 1. The minimum absolute atomic E-state index is 0.0161. The molecule has 1 aromatic heterocycles. The number of nitrogens with one attached hydrogen (secondary N) is 1. The van der Waals surface area contributed by atoms with Crippen molar-refractivity contribution in [1.82, 2.24) is 9.78 Å². The van der Waals surface area contributed by atoms with Crippen molar-refractivity contribution in [2.24, 2.45) is 7.05 Å². The number of benzene rings is 1. The molecule has 0 amide bonds. The van der Waals surface area contributed by atoms with Gasteiger partial charge in [-0.05, 0) is 19.1 Å². The van der Waals surface area contributed by atoms with E-state index in [-0.39, 0.29) is 11.1 Å². The van der Waals surface area contributed by atoms with Crippen molar-refractivity contribution in [1.29, 1.82) is 0 Å². The first-order valence-corrected chi connectivity index (χ1v) is 5.07. The molecule has 1 aromatic carbocycles. The second-order valence-corrected chi connectivity index (χ2v) is 3.78. The van der Waals surface area contributed by atoms with Crippen LogP contribution in [-0.4, -0.2) is 15.6 Å². The summed E-state index contributed by atoms with van der Waals surface area (Å²) in [6, 6.07) is 5.61. The van der Waals surface area contributed by atoms with Crippen molar-refractivity contribution in [3.8, 4) is 0 Å². The monoisotopic (exact) mass is 234 g/mol. The molecule has 0 aliphatic rings. The van der Waals surface area contributed by atoms with Gasteiger partial charge in [-0.1, -0.05) is 12.1 Å². The number of halogens is 1. The molecule has 88 valence electrons. The Morgan fingerprint density at radius 2 is 2.00 bits per heavy atom. The zero-order valence-corrected chi connectivity index (χ0v) is 9.45. The molecule has 1 heterocycles. The molecule has 0 atom stereocenters. The number of aromatic nitrogens is 2. The highest BCUT2D eigenvalue weighted by molar-refractivity contribution is 6.09. The fraction of sp³-hybridized carbons (Fsp3) is 0.167. The summed E-state index contributed by atoms with van der Waals surface area (Å²) in [5, 5.41) is 2.71. The summed E-state index contributed by atoms with van der Waals surface area (Å²) >= 11 is 0. The molecule has 1 N–H and O–H groups in total. The minimum Gasteiger partial charge on any atom is -0.299 e. The van der Waals surface area contributed by atoms with Crippen molar-refractivity contribution in [2.75, 3.05) is 0 Å². The van der Waals surface area contributed by atoms with Gasteiger partial charge in [-0.2, -0.15) is 0 Å². The molecular weight excluding hydrogens is 223 g/mol. The van der Waals surface area contributed by atoms with Crippen LogP contribution < -0.4 is 5.56 Å². The van der Waals surface area contributed by atoms with Crippen LogP contribution in [0.4, 0.5) is 4.39 Å². The van der Waals surface area contributed by atoms with Crippen LogP contribution in [0.1, 0.15) is 21.6 Å². The fourth-order valence-electron chi connectivity index (χ4n) is 1.73. The van der Waals surface area contributed by atoms with Gasteiger partial charge in [0.2, 0.25) is 5.78 Å². The summed E-state index contributed by atoms with van der Waals surface area (Å²) in [4.78, 5) is 23.8. The van der Waals surface area contributed by atoms with Crippen LogP contribution in [0.3, 0.4) is 0 Å². The number of H-pyrrole nitrogens is 1. The van der Waals surface area contributed by atoms with E-state index < -0.39 is 17.2 Å². The number of aryl methyl sites for hydroxylation is 2. The average molecular weight is 234 g/mol. The molecule has 0 bridgehead atoms. The molecule has 0 radical (unpaired) electrons. The van der Waals surface area contributed by atoms with Gasteiger partial charge in [0.15, 0.2) is 0 Å². The first-order chi connectivity index (χ1) is 8.02. The van der Waals surface area contributed by atoms with Gasteiger partial charge in [-0.25, -0.2) is 4.39 Å². The lowest BCUT2D eigenvalue weighted by Gasteiger charge is -1.99. The molecule has 0 aliphatic heterocycles. The molecule has 0 spiro atoms. The Morgan fingerprint density at radius 1 is 1.35 bits per heavy atom. The van der Waals surface area contributed by atoms with Gasteiger partial charge in [-0.3, -0.25) is 19.4 Å². The average Bonchev–Trinajstić information content (AvgIpc) is 2.53. The normalized spacial score (nSPS) is 10.5. The Morgan fingerprint density at radius 3 is 2.53 bits per heavy atom. The summed E-state index contributed by atoms with van der Waals surface area (Å²) in [5.74, 6) is -1.22. The van der Waals surface area contributed by atoms with E-state index >= 15 is 0 Å². The van der Waals surface area contributed by atoms with E-state index in [1.807, 2.05) is 0 Å². The van der Waals surface area contributed by atoms with Crippen LogP contribution in [0.2, 0.25) is 0 Å². The van der Waals surface area contributed by atoms with E-state index in [1.165, 1.54) is 29.9 Å². The third-order valence-corrected chi connectivity index (χ3v) is 2.57. The highest BCUT2D eigenvalue weighted by atomic mass is 19.1. The van der Waals surface area contributed by atoms with Crippen LogP contribution in [0.5, 0.6) is 0 Å². The molecular formula is C12H11FN2O2. The SMILES string of the molecule is Cc1[nH]n(C)c(=O)c1C(=O)c1ccccc1F. The summed E-state index contributed by atoms with van der Waals surface area (Å²) in [6.07, 6.45) is 0. The van der Waals surface area contributed by atoms with E-state index in [4.69, 9.17) is 0 Å². The number of ketones is 1. The largest absolute Gasteiger partial charge is 0.299 e. The van der Waals surface area contributed by atoms with Crippen LogP contribution in [0.15, 0.2) is 29.1 Å². The summed E-state index contributed by atoms with van der Waals surface area (Å²) in [5.41, 5.74) is -0.119. The first kappa shape index (κ1) is 11.3. The van der Waals surface area contributed by atoms with E-state index in [0.717, 1.165) is 0 Å². The second-order valence-electron chi connectivity index (χ2n) is 3.78. The quantitative estimate of drug-likeness (QED) is 0.798. The lowest BCUT2D eigenvalue weighted by atomic mass is 10.0. The van der Waals surface area contributed by atoms with Gasteiger partial charge in [0, 0.05) is 12.7 Å². The van der Waals surface area contributed by atoms with Crippen LogP contribution in [0.25, 0.3) is 0 Å². The lowest BCUT2D eigenvalue weighted by molar-refractivity contribution is 0.103. The molecule has 0 saturated heterocycles. The van der Waals surface area contributed by atoms with Crippen molar-refractivity contribution >= 4 is 5.78 Å². The number of aromatic amines is 1. The predicted octanol–water partition coefficient (Wildman–Crippen LogP) is 1.39. The highest BCUT2D eigenvalue weighted by Gasteiger charge is 2.21. The molecule has 2 aromatic rings. The fourth-order valence-corrected chi connectivity index (χ4v) is 1.73. The van der Waals surface area contributed by atoms with Crippen LogP contribution in [-0.2, 0) is 7.05 Å². The highest BCUT2D eigenvalue weighted by Crippen LogP contribution is 2.12. The number of carbonyl (C=O) groups is 1. The Hall–Kier alpha value is -2.17. The minimum atomic E-state index is -0.625. The molecule has 17 heavy (non-hydrogen) atoms. The molecule has 2 rings (SSSR count). The van der Waals surface area contributed by atoms with E-state index in [2.05, 4.69) is 5.10 Å². The zero-order valence-electron chi connectivity index (χ0n) is 9.45. The van der Waals surface area contributed by atoms with E-state index in [0.29, 0.717) is 5.69 Å². The number of carbonyl (C=O) groups excluding carboxylic acids is 1. The number of hydrogen-bond acceptors (Lipinski definition) is 2. The van der Waals surface area contributed by atoms with Gasteiger partial charge in [0.05, 0.1) is 5.56 Å². The second kappa shape index (κ2) is 4.01. The van der Waals surface area contributed by atoms with Crippen molar-refractivity contribution < 1.29 is 9.18 Å². The van der Waals surface area contributed by atoms with E-state index in [1.54, 1.807) is 13.0 Å². The summed E-state index contributed by atoms with van der Waals surface area (Å²) in [6.45, 7) is 1.61. The lowest BCUT2D eigenvalue weighted by Crippen LogP contribution is -2.20. The van der Waals surface area contributed by atoms with Crippen molar-refractivity contribution in [3.05, 3.63) is 57.3 Å². The van der Waals surface area contributed by atoms with Crippen LogP contribution >= 0.6 is 0 Å². The molecule has 4 nitrogen and oxygen atoms in total. The van der Waals surface area contributed by atoms with Gasteiger partial charge in [0.25, 0.3) is 5.56 Å². The van der Waals surface area contributed by atoms with Gasteiger partial charge in [0.1, 0.15) is 11.4 Å². The van der Waals surface area contributed by atoms with Gasteiger partial charge < -0.3 is 0 Å². The van der Waals surface area contributed by atoms with Crippen molar-refractivity contribution in [2.45, 2.75) is 6.92 Å². The van der Waals surface area contributed by atoms with Crippen LogP contribution in [0, 0.1) is 12.7 Å². The summed E-state index contributed by atoms with van der Waals surface area (Å²) < 4.78 is 14.7.